The van der Waals surface area contributed by atoms with Crippen LogP contribution in [0.1, 0.15) is 13.8 Å². The Hall–Kier alpha value is 1.39. The van der Waals surface area contributed by atoms with Crippen LogP contribution in [0.4, 0.5) is 0 Å². The van der Waals surface area contributed by atoms with Gasteiger partial charge in [0.05, 0.1) is 0 Å². The Kier molecular flexibility index (Phi) is 25.1. The normalized spacial score (nSPS) is 6.00. The molecule has 0 aromatic rings. The van der Waals surface area contributed by atoms with Gasteiger partial charge in [-0.15, -0.1) is 0 Å². The van der Waals surface area contributed by atoms with E-state index in [1.165, 1.54) is 0 Å². The summed E-state index contributed by atoms with van der Waals surface area (Å²) in [5.41, 5.74) is 0. The molecule has 0 aromatic carbocycles. The largest absolute Gasteiger partial charge is 0.394 e. The van der Waals surface area contributed by atoms with E-state index in [1.807, 2.05) is 0 Å². The molecular weight excluding hydrogens is 148 g/mol. The van der Waals surface area contributed by atoms with E-state index in [4.69, 9.17) is 5.11 Å². The summed E-state index contributed by atoms with van der Waals surface area (Å²) in [6.07, 6.45) is -0.167. The van der Waals surface area contributed by atoms with E-state index < -0.39 is 0 Å². The number of rotatable bonds is 0. The van der Waals surface area contributed by atoms with Crippen molar-refractivity contribution in [3.05, 3.63) is 0 Å². The van der Waals surface area contributed by atoms with E-state index in [0.29, 0.717) is 0 Å². The van der Waals surface area contributed by atoms with Crippen molar-refractivity contribution in [2.75, 3.05) is 0 Å². The summed E-state index contributed by atoms with van der Waals surface area (Å²) in [6, 6.07) is 0. The summed E-state index contributed by atoms with van der Waals surface area (Å²) in [7, 11) is 0. The maximum absolute atomic E-state index is 8.06. The predicted molar refractivity (Wildman–Crippen MR) is 17.4 cm³/mol. The summed E-state index contributed by atoms with van der Waals surface area (Å²) < 4.78 is 0. The van der Waals surface area contributed by atoms with Crippen molar-refractivity contribution in [2.45, 2.75) is 20.0 Å². The molecule has 0 bridgehead atoms. The van der Waals surface area contributed by atoms with E-state index in [0.717, 1.165) is 0 Å². The van der Waals surface area contributed by atoms with Crippen LogP contribution in [0.3, 0.4) is 0 Å². The molecule has 0 rings (SSSR count). The summed E-state index contributed by atoms with van der Waals surface area (Å²) in [5, 5.41) is 8.06. The minimum Gasteiger partial charge on any atom is -0.394 e. The number of hydrogen-bond acceptors (Lipinski definition) is 1. The molecule has 0 heterocycles. The molecule has 0 aliphatic carbocycles. The third-order valence-electron chi connectivity index (χ3n) is 0. The first kappa shape index (κ1) is 15.7. The molecule has 0 aromatic heterocycles. The maximum atomic E-state index is 8.06. The summed E-state index contributed by atoms with van der Waals surface area (Å²) >= 11 is 0. The monoisotopic (exact) mass is 156 g/mol. The fourth-order valence-corrected chi connectivity index (χ4v) is 0. The van der Waals surface area contributed by atoms with Crippen LogP contribution in [0.15, 0.2) is 0 Å². The molecule has 1 nitrogen and oxygen atoms in total. The van der Waals surface area contributed by atoms with Crippen LogP contribution in [-0.4, -0.2) is 11.2 Å². The predicted octanol–water partition coefficient (Wildman–Crippen LogP) is 0.382. The van der Waals surface area contributed by atoms with Gasteiger partial charge >= 0.3 is 0 Å². The van der Waals surface area contributed by atoms with Gasteiger partial charge in [-0.05, 0) is 13.8 Å². The fourth-order valence-electron chi connectivity index (χ4n) is 0. The number of aliphatic hydroxyl groups is 1. The van der Waals surface area contributed by atoms with E-state index in [-0.39, 0.29) is 49.5 Å². The Morgan fingerprint density at radius 3 is 1.17 bits per heavy atom. The quantitative estimate of drug-likeness (QED) is 0.502. The number of aliphatic hydroxyl groups excluding tert-OH is 1. The second-order valence-electron chi connectivity index (χ2n) is 1.09. The minimum absolute atomic E-state index is 0. The van der Waals surface area contributed by atoms with Gasteiger partial charge in [-0.1, -0.05) is 0 Å². The van der Waals surface area contributed by atoms with Gasteiger partial charge in [-0.25, -0.2) is 0 Å². The molecule has 0 atom stereocenters. The molecule has 0 unspecified atom stereocenters. The van der Waals surface area contributed by atoms with Crippen molar-refractivity contribution in [2.24, 2.45) is 0 Å². The van der Waals surface area contributed by atoms with Gasteiger partial charge in [0.15, 0.2) is 0 Å². The summed E-state index contributed by atoms with van der Waals surface area (Å²) in [4.78, 5) is 0. The molecule has 0 fully saturated rings. The Labute approximate surface area is 68.3 Å². The number of hydrogen-bond donors (Lipinski definition) is 1. The average Bonchev–Trinajstić information content (AvgIpc) is 0.811. The van der Waals surface area contributed by atoms with Crippen LogP contribution >= 0.6 is 0 Å². The summed E-state index contributed by atoms with van der Waals surface area (Å²) in [6.45, 7) is 3.44. The molecule has 0 amide bonds. The average molecular weight is 156 g/mol. The van der Waals surface area contributed by atoms with Crippen LogP contribution in [-0.2, 0) is 43.4 Å². The molecule has 0 saturated carbocycles. The van der Waals surface area contributed by atoms with Gasteiger partial charge in [-0.2, -0.15) is 0 Å². The van der Waals surface area contributed by atoms with E-state index in [9.17, 15) is 0 Å². The second-order valence-corrected chi connectivity index (χ2v) is 1.09. The third-order valence-corrected chi connectivity index (χ3v) is 0. The second kappa shape index (κ2) is 9.63. The van der Waals surface area contributed by atoms with E-state index in [2.05, 4.69) is 0 Å². The molecule has 0 spiro atoms. The smallest absolute Gasteiger partial charge is 0.0483 e. The van der Waals surface area contributed by atoms with Crippen molar-refractivity contribution in [1.82, 2.24) is 0 Å². The zero-order valence-corrected chi connectivity index (χ0v) is 7.15. The molecular formula is C3H8OTi2. The first-order valence-corrected chi connectivity index (χ1v) is 1.41. The van der Waals surface area contributed by atoms with Crippen LogP contribution in [0, 0.1) is 0 Å². The molecule has 3 heteroatoms. The maximum Gasteiger partial charge on any atom is 0.0483 e. The zero-order chi connectivity index (χ0) is 3.58. The van der Waals surface area contributed by atoms with E-state index >= 15 is 0 Å². The van der Waals surface area contributed by atoms with Gasteiger partial charge in [0, 0.05) is 49.5 Å². The third kappa shape index (κ3) is 53.8. The van der Waals surface area contributed by atoms with Crippen LogP contribution < -0.4 is 0 Å². The van der Waals surface area contributed by atoms with E-state index in [1.54, 1.807) is 13.8 Å². The Morgan fingerprint density at radius 1 is 1.17 bits per heavy atom. The Bertz CT molecular complexity index is 13.5. The van der Waals surface area contributed by atoms with Gasteiger partial charge in [0.25, 0.3) is 0 Å². The molecule has 0 aliphatic heterocycles. The van der Waals surface area contributed by atoms with Gasteiger partial charge in [-0.3, -0.25) is 0 Å². The molecule has 1 N–H and O–H groups in total. The van der Waals surface area contributed by atoms with Crippen molar-refractivity contribution in [3.8, 4) is 0 Å². The van der Waals surface area contributed by atoms with Gasteiger partial charge < -0.3 is 5.11 Å². The summed E-state index contributed by atoms with van der Waals surface area (Å²) in [5.74, 6) is 0. The van der Waals surface area contributed by atoms with Gasteiger partial charge in [0.2, 0.25) is 0 Å². The molecule has 34 valence electrons. The molecule has 0 saturated heterocycles. The Balaban J connectivity index is -0.0000000450. The van der Waals surface area contributed by atoms with Crippen LogP contribution in [0.25, 0.3) is 0 Å². The molecule has 6 heavy (non-hydrogen) atoms. The molecule has 0 aliphatic rings. The van der Waals surface area contributed by atoms with Crippen molar-refractivity contribution in [1.29, 1.82) is 0 Å². The fraction of sp³-hybridized carbons (Fsp3) is 1.00. The first-order valence-electron chi connectivity index (χ1n) is 1.41. The zero-order valence-electron chi connectivity index (χ0n) is 4.02. The van der Waals surface area contributed by atoms with Crippen molar-refractivity contribution >= 4 is 0 Å². The first-order chi connectivity index (χ1) is 1.73. The Morgan fingerprint density at radius 2 is 1.17 bits per heavy atom. The van der Waals surface area contributed by atoms with Gasteiger partial charge in [0.1, 0.15) is 0 Å². The topological polar surface area (TPSA) is 20.2 Å². The standard InChI is InChI=1S/C3H8O.2Ti/c1-3(2)4;;/h3-4H,1-2H3;;. The van der Waals surface area contributed by atoms with Crippen LogP contribution in [0.2, 0.25) is 0 Å². The minimum atomic E-state index is -0.167. The van der Waals surface area contributed by atoms with Crippen LogP contribution in [0.5, 0.6) is 0 Å². The SMILES string of the molecule is CC(C)O.[Ti].[Ti]. The molecule has 0 radical (unpaired) electrons. The van der Waals surface area contributed by atoms with Crippen molar-refractivity contribution < 1.29 is 48.5 Å². The van der Waals surface area contributed by atoms with Crippen molar-refractivity contribution in [3.63, 3.8) is 0 Å².